The van der Waals surface area contributed by atoms with Gasteiger partial charge in [0, 0.05) is 29.3 Å². The number of likely N-dealkylation sites (tertiary alicyclic amines) is 1. The number of amides is 3. The maximum absolute atomic E-state index is 14.1. The van der Waals surface area contributed by atoms with Crippen LogP contribution in [0.25, 0.3) is 0 Å². The molecule has 0 aliphatic carbocycles. The predicted octanol–water partition coefficient (Wildman–Crippen LogP) is 1.21. The molecule has 8 nitrogen and oxygen atoms in total. The van der Waals surface area contributed by atoms with Crippen LogP contribution in [0.1, 0.15) is 39.2 Å². The number of fused-ring (bicyclic) bond motifs is 4. The van der Waals surface area contributed by atoms with E-state index in [0.29, 0.717) is 5.69 Å². The Bertz CT molecular complexity index is 956. The summed E-state index contributed by atoms with van der Waals surface area (Å²) >= 11 is 0. The lowest BCUT2D eigenvalue weighted by atomic mass is 9.76. The van der Waals surface area contributed by atoms with Gasteiger partial charge >= 0.3 is 5.97 Å². The molecule has 2 saturated heterocycles. The Hall–Kier alpha value is -2.81. The van der Waals surface area contributed by atoms with Crippen LogP contribution in [0.5, 0.6) is 0 Å². The summed E-state index contributed by atoms with van der Waals surface area (Å²) in [6.07, 6.45) is -0.168. The third kappa shape index (κ3) is 2.60. The van der Waals surface area contributed by atoms with Crippen LogP contribution < -0.4 is 10.6 Å². The fraction of sp³-hybridized carbons (Fsp3) is 0.500. The molecule has 29 heavy (non-hydrogen) atoms. The summed E-state index contributed by atoms with van der Waals surface area (Å²) in [7, 11) is 0. The molecule has 0 aromatic heterocycles. The fourth-order valence-corrected chi connectivity index (χ4v) is 4.96. The van der Waals surface area contributed by atoms with E-state index in [1.165, 1.54) is 18.2 Å². The van der Waals surface area contributed by atoms with E-state index < -0.39 is 58.5 Å². The summed E-state index contributed by atoms with van der Waals surface area (Å²) in [5.41, 5.74) is -1.78. The van der Waals surface area contributed by atoms with Crippen LogP contribution in [0.3, 0.4) is 0 Å². The minimum atomic E-state index is -1.61. The second kappa shape index (κ2) is 6.09. The van der Waals surface area contributed by atoms with Crippen LogP contribution >= 0.6 is 0 Å². The summed E-state index contributed by atoms with van der Waals surface area (Å²) in [5, 5.41) is 14.9. The fourth-order valence-electron chi connectivity index (χ4n) is 4.96. The highest BCUT2D eigenvalue weighted by molar-refractivity contribution is 6.15. The number of hydrogen-bond donors (Lipinski definition) is 3. The van der Waals surface area contributed by atoms with Gasteiger partial charge in [0.25, 0.3) is 0 Å². The molecule has 0 bridgehead atoms. The van der Waals surface area contributed by atoms with E-state index in [4.69, 9.17) is 5.11 Å². The SMILES string of the molecule is CC(C)(C)N1C(=O)[C@@H]2C(CCC(=O)O)NC3(C(=O)Nc4ccc(F)cc43)[C@@H]2C1=O. The Morgan fingerprint density at radius 3 is 2.55 bits per heavy atom. The Morgan fingerprint density at radius 2 is 1.93 bits per heavy atom. The molecule has 1 spiro atoms. The third-order valence-corrected chi connectivity index (χ3v) is 6.02. The van der Waals surface area contributed by atoms with Crippen molar-refractivity contribution in [1.82, 2.24) is 10.2 Å². The number of carboxylic acids is 1. The maximum Gasteiger partial charge on any atom is 0.303 e. The highest BCUT2D eigenvalue weighted by atomic mass is 19.1. The van der Waals surface area contributed by atoms with Crippen molar-refractivity contribution in [2.24, 2.45) is 11.8 Å². The summed E-state index contributed by atoms with van der Waals surface area (Å²) in [6.45, 7) is 5.16. The topological polar surface area (TPSA) is 116 Å². The van der Waals surface area contributed by atoms with Gasteiger partial charge in [-0.1, -0.05) is 0 Å². The summed E-state index contributed by atoms with van der Waals surface area (Å²) in [5.74, 6) is -5.08. The minimum Gasteiger partial charge on any atom is -0.481 e. The van der Waals surface area contributed by atoms with Crippen molar-refractivity contribution in [1.29, 1.82) is 0 Å². The molecule has 0 radical (unpaired) electrons. The van der Waals surface area contributed by atoms with Gasteiger partial charge in [0.2, 0.25) is 17.7 Å². The lowest BCUT2D eigenvalue weighted by molar-refractivity contribution is -0.148. The number of carbonyl (C=O) groups excluding carboxylic acids is 3. The molecule has 2 unspecified atom stereocenters. The monoisotopic (exact) mass is 403 g/mol. The maximum atomic E-state index is 14.1. The number of nitrogens with zero attached hydrogens (tertiary/aromatic N) is 1. The van der Waals surface area contributed by atoms with E-state index >= 15 is 0 Å². The van der Waals surface area contributed by atoms with Crippen LogP contribution in [0.2, 0.25) is 0 Å². The van der Waals surface area contributed by atoms with Crippen LogP contribution in [0, 0.1) is 17.7 Å². The Balaban J connectivity index is 1.88. The molecule has 0 saturated carbocycles. The van der Waals surface area contributed by atoms with Crippen molar-refractivity contribution in [3.8, 4) is 0 Å². The van der Waals surface area contributed by atoms with Gasteiger partial charge in [0.1, 0.15) is 11.4 Å². The molecule has 3 aliphatic rings. The zero-order chi connectivity index (χ0) is 21.3. The number of carbonyl (C=O) groups is 4. The molecule has 154 valence electrons. The van der Waals surface area contributed by atoms with Gasteiger partial charge in [-0.05, 0) is 45.4 Å². The van der Waals surface area contributed by atoms with Gasteiger partial charge < -0.3 is 10.4 Å². The van der Waals surface area contributed by atoms with Gasteiger partial charge in [0.05, 0.1) is 11.8 Å². The van der Waals surface area contributed by atoms with Crippen molar-refractivity contribution < 1.29 is 28.7 Å². The number of nitrogens with one attached hydrogen (secondary N) is 2. The summed E-state index contributed by atoms with van der Waals surface area (Å²) in [6, 6.07) is 3.10. The largest absolute Gasteiger partial charge is 0.481 e. The van der Waals surface area contributed by atoms with Gasteiger partial charge in [-0.3, -0.25) is 29.4 Å². The van der Waals surface area contributed by atoms with E-state index in [2.05, 4.69) is 10.6 Å². The Kier molecular flexibility index (Phi) is 4.10. The lowest BCUT2D eigenvalue weighted by Crippen LogP contribution is -2.55. The van der Waals surface area contributed by atoms with E-state index in [9.17, 15) is 23.6 Å². The Morgan fingerprint density at radius 1 is 1.24 bits per heavy atom. The molecule has 3 aliphatic heterocycles. The second-order valence-electron chi connectivity index (χ2n) is 8.82. The highest BCUT2D eigenvalue weighted by Gasteiger charge is 2.71. The van der Waals surface area contributed by atoms with E-state index in [-0.39, 0.29) is 18.4 Å². The zero-order valence-electron chi connectivity index (χ0n) is 16.3. The standard InChI is InChI=1S/C20H22FN3O5/c1-19(2,3)24-16(27)14-12(6-7-13(25)26)23-20(15(14)17(24)28)10-8-9(21)4-5-11(10)22-18(20)29/h4-5,8,12,14-15,23H,6-7H2,1-3H3,(H,22,29)(H,25,26)/t12?,14-,15+,20?/m1/s1. The number of rotatable bonds is 3. The van der Waals surface area contributed by atoms with Gasteiger partial charge in [-0.25, -0.2) is 4.39 Å². The van der Waals surface area contributed by atoms with E-state index in [1.807, 2.05) is 0 Å². The van der Waals surface area contributed by atoms with Crippen LogP contribution in [0.15, 0.2) is 18.2 Å². The first-order chi connectivity index (χ1) is 13.5. The average Bonchev–Trinajstić information content (AvgIpc) is 3.18. The normalized spacial score (nSPS) is 30.7. The predicted molar refractivity (Wildman–Crippen MR) is 99.1 cm³/mol. The molecule has 4 rings (SSSR count). The van der Waals surface area contributed by atoms with Gasteiger partial charge in [0.15, 0.2) is 0 Å². The van der Waals surface area contributed by atoms with Gasteiger partial charge in [-0.2, -0.15) is 0 Å². The lowest BCUT2D eigenvalue weighted by Gasteiger charge is -2.34. The summed E-state index contributed by atoms with van der Waals surface area (Å²) < 4.78 is 14.1. The molecule has 3 amide bonds. The van der Waals surface area contributed by atoms with Crippen LogP contribution in [-0.4, -0.2) is 45.3 Å². The molecular weight excluding hydrogens is 381 g/mol. The Labute approximate surface area is 166 Å². The highest BCUT2D eigenvalue weighted by Crippen LogP contribution is 2.54. The molecule has 1 aromatic carbocycles. The number of hydrogen-bond acceptors (Lipinski definition) is 5. The number of anilines is 1. The van der Waals surface area contributed by atoms with Crippen molar-refractivity contribution in [3.63, 3.8) is 0 Å². The van der Waals surface area contributed by atoms with Gasteiger partial charge in [-0.15, -0.1) is 0 Å². The van der Waals surface area contributed by atoms with E-state index in [1.54, 1.807) is 20.8 Å². The average molecular weight is 403 g/mol. The number of halogens is 1. The zero-order valence-corrected chi connectivity index (χ0v) is 16.3. The molecular formula is C20H22FN3O5. The molecule has 3 heterocycles. The number of carboxylic acid groups (broad SMARTS) is 1. The number of imide groups is 1. The molecule has 3 N–H and O–H groups in total. The number of benzene rings is 1. The minimum absolute atomic E-state index is 0.0627. The van der Waals surface area contributed by atoms with Crippen molar-refractivity contribution in [2.75, 3.05) is 5.32 Å². The quantitative estimate of drug-likeness (QED) is 0.654. The van der Waals surface area contributed by atoms with Crippen molar-refractivity contribution in [2.45, 2.75) is 50.7 Å². The van der Waals surface area contributed by atoms with Crippen LogP contribution in [-0.2, 0) is 24.7 Å². The first-order valence-corrected chi connectivity index (χ1v) is 9.47. The van der Waals surface area contributed by atoms with Crippen LogP contribution in [0.4, 0.5) is 10.1 Å². The van der Waals surface area contributed by atoms with Crippen molar-refractivity contribution >= 4 is 29.4 Å². The second-order valence-corrected chi connectivity index (χ2v) is 8.82. The summed E-state index contributed by atoms with van der Waals surface area (Å²) in [4.78, 5) is 52.0. The number of aliphatic carboxylic acids is 1. The van der Waals surface area contributed by atoms with Crippen molar-refractivity contribution in [3.05, 3.63) is 29.6 Å². The molecule has 1 aromatic rings. The third-order valence-electron chi connectivity index (χ3n) is 6.02. The molecule has 9 heteroatoms. The first-order valence-electron chi connectivity index (χ1n) is 9.47. The smallest absolute Gasteiger partial charge is 0.303 e. The molecule has 4 atom stereocenters. The van der Waals surface area contributed by atoms with E-state index in [0.717, 1.165) is 4.90 Å². The molecule has 2 fully saturated rings. The first kappa shape index (κ1) is 19.5.